The Hall–Kier alpha value is -3.12. The lowest BCUT2D eigenvalue weighted by Gasteiger charge is -2.26. The third-order valence-electron chi connectivity index (χ3n) is 5.74. The zero-order valence-electron chi connectivity index (χ0n) is 20.9. The first-order chi connectivity index (χ1) is 17.0. The van der Waals surface area contributed by atoms with Gasteiger partial charge in [-0.15, -0.1) is 0 Å². The molecule has 1 rings (SSSR count). The summed E-state index contributed by atoms with van der Waals surface area (Å²) in [5.41, 5.74) is 11.9. The van der Waals surface area contributed by atoms with Crippen LogP contribution in [0.15, 0.2) is 30.3 Å². The summed E-state index contributed by atoms with van der Waals surface area (Å²) in [7, 11) is 0. The van der Waals surface area contributed by atoms with Crippen molar-refractivity contribution in [2.45, 2.75) is 63.7 Å². The Bertz CT molecular complexity index is 900. The van der Waals surface area contributed by atoms with E-state index in [2.05, 4.69) is 16.0 Å². The number of carbonyl (C=O) groups excluding carboxylic acids is 4. The minimum absolute atomic E-state index is 0.108. The number of aliphatic carboxylic acids is 1. The molecule has 0 heterocycles. The van der Waals surface area contributed by atoms with Crippen molar-refractivity contribution in [2.75, 3.05) is 12.0 Å². The molecular weight excluding hydrogens is 486 g/mol. The van der Waals surface area contributed by atoms with Crippen LogP contribution in [0.2, 0.25) is 0 Å². The van der Waals surface area contributed by atoms with E-state index in [1.165, 1.54) is 11.8 Å². The molecule has 200 valence electrons. The number of nitrogens with one attached hydrogen (secondary N) is 3. The normalized spacial score (nSPS) is 15.0. The second kappa shape index (κ2) is 15.8. The van der Waals surface area contributed by atoms with Crippen LogP contribution in [0.25, 0.3) is 0 Å². The van der Waals surface area contributed by atoms with E-state index in [1.807, 2.05) is 26.2 Å². The summed E-state index contributed by atoms with van der Waals surface area (Å²) >= 11 is 1.43. The van der Waals surface area contributed by atoms with Gasteiger partial charge in [-0.1, -0.05) is 50.6 Å². The summed E-state index contributed by atoms with van der Waals surface area (Å²) in [4.78, 5) is 61.5. The highest BCUT2D eigenvalue weighted by Gasteiger charge is 2.31. The molecule has 12 heteroatoms. The first kappa shape index (κ1) is 30.9. The van der Waals surface area contributed by atoms with Gasteiger partial charge in [0, 0.05) is 6.42 Å². The van der Waals surface area contributed by atoms with Crippen LogP contribution in [0.5, 0.6) is 0 Å². The quantitative estimate of drug-likeness (QED) is 0.171. The molecule has 4 amide bonds. The number of rotatable bonds is 16. The molecular formula is C24H37N5O6S. The van der Waals surface area contributed by atoms with Crippen molar-refractivity contribution in [1.82, 2.24) is 16.0 Å². The second-order valence-electron chi connectivity index (χ2n) is 8.57. The van der Waals surface area contributed by atoms with Crippen LogP contribution in [-0.2, 0) is 30.4 Å². The van der Waals surface area contributed by atoms with E-state index in [9.17, 15) is 29.1 Å². The molecule has 8 N–H and O–H groups in total. The third kappa shape index (κ3) is 10.6. The van der Waals surface area contributed by atoms with Gasteiger partial charge in [-0.05, 0) is 29.9 Å². The SMILES string of the molecule is CCC(C)C(N)C(=O)NC(Cc1ccccc1)C(=O)NC(CCSC)C(=O)NC(CC(N)=O)C(=O)O. The summed E-state index contributed by atoms with van der Waals surface area (Å²) in [6, 6.07) is 4.56. The molecule has 36 heavy (non-hydrogen) atoms. The zero-order chi connectivity index (χ0) is 27.3. The Morgan fingerprint density at radius 3 is 2.03 bits per heavy atom. The van der Waals surface area contributed by atoms with E-state index in [4.69, 9.17) is 11.5 Å². The zero-order valence-corrected chi connectivity index (χ0v) is 21.7. The van der Waals surface area contributed by atoms with Gasteiger partial charge in [0.15, 0.2) is 0 Å². The topological polar surface area (TPSA) is 194 Å². The summed E-state index contributed by atoms with van der Waals surface area (Å²) in [5.74, 6) is -3.82. The predicted octanol–water partition coefficient (Wildman–Crippen LogP) is -0.230. The molecule has 1 aromatic carbocycles. The lowest BCUT2D eigenvalue weighted by atomic mass is 9.98. The fourth-order valence-electron chi connectivity index (χ4n) is 3.29. The number of hydrogen-bond donors (Lipinski definition) is 6. The van der Waals surface area contributed by atoms with Crippen molar-refractivity contribution in [2.24, 2.45) is 17.4 Å². The molecule has 0 aliphatic heterocycles. The van der Waals surface area contributed by atoms with Crippen LogP contribution in [0.1, 0.15) is 38.7 Å². The molecule has 11 nitrogen and oxygen atoms in total. The number of carboxylic acid groups (broad SMARTS) is 1. The van der Waals surface area contributed by atoms with Crippen molar-refractivity contribution in [1.29, 1.82) is 0 Å². The lowest BCUT2D eigenvalue weighted by Crippen LogP contribution is -2.58. The standard InChI is InChI=1S/C24H37N5O6S/c1-4-14(2)20(26)23(33)28-17(12-15-8-6-5-7-9-15)22(32)27-16(10-11-36-3)21(31)29-18(24(34)35)13-19(25)30/h5-9,14,16-18,20H,4,10-13,26H2,1-3H3,(H2,25,30)(H,27,32)(H,28,33)(H,29,31)(H,34,35). The van der Waals surface area contributed by atoms with Gasteiger partial charge in [0.05, 0.1) is 12.5 Å². The van der Waals surface area contributed by atoms with Gasteiger partial charge < -0.3 is 32.5 Å². The fourth-order valence-corrected chi connectivity index (χ4v) is 3.76. The first-order valence-electron chi connectivity index (χ1n) is 11.7. The van der Waals surface area contributed by atoms with Crippen molar-refractivity contribution < 1.29 is 29.1 Å². The van der Waals surface area contributed by atoms with Gasteiger partial charge in [0.1, 0.15) is 18.1 Å². The van der Waals surface area contributed by atoms with E-state index in [0.29, 0.717) is 12.2 Å². The van der Waals surface area contributed by atoms with E-state index in [-0.39, 0.29) is 18.8 Å². The second-order valence-corrected chi connectivity index (χ2v) is 9.56. The molecule has 0 radical (unpaired) electrons. The van der Waals surface area contributed by atoms with Crippen LogP contribution in [-0.4, -0.2) is 70.9 Å². The van der Waals surface area contributed by atoms with Crippen molar-refractivity contribution >= 4 is 41.4 Å². The molecule has 0 spiro atoms. The molecule has 0 aromatic heterocycles. The molecule has 5 unspecified atom stereocenters. The smallest absolute Gasteiger partial charge is 0.326 e. The van der Waals surface area contributed by atoms with Gasteiger partial charge in [-0.3, -0.25) is 19.2 Å². The molecule has 0 bridgehead atoms. The number of nitrogens with two attached hydrogens (primary N) is 2. The molecule has 5 atom stereocenters. The molecule has 0 fully saturated rings. The number of thioether (sulfide) groups is 1. The van der Waals surface area contributed by atoms with E-state index < -0.39 is 60.2 Å². The van der Waals surface area contributed by atoms with Gasteiger partial charge >= 0.3 is 5.97 Å². The monoisotopic (exact) mass is 523 g/mol. The summed E-state index contributed by atoms with van der Waals surface area (Å²) in [5, 5.41) is 16.9. The Morgan fingerprint density at radius 1 is 0.944 bits per heavy atom. The summed E-state index contributed by atoms with van der Waals surface area (Å²) in [6.45, 7) is 3.74. The predicted molar refractivity (Wildman–Crippen MR) is 138 cm³/mol. The molecule has 1 aromatic rings. The Morgan fingerprint density at radius 2 is 1.50 bits per heavy atom. The number of carboxylic acids is 1. The average Bonchev–Trinajstić information content (AvgIpc) is 2.84. The van der Waals surface area contributed by atoms with Gasteiger partial charge in [-0.2, -0.15) is 11.8 Å². The van der Waals surface area contributed by atoms with Crippen LogP contribution >= 0.6 is 11.8 Å². The minimum Gasteiger partial charge on any atom is -0.480 e. The van der Waals surface area contributed by atoms with Gasteiger partial charge in [0.25, 0.3) is 0 Å². The maximum Gasteiger partial charge on any atom is 0.326 e. The van der Waals surface area contributed by atoms with Crippen LogP contribution in [0.3, 0.4) is 0 Å². The molecule has 0 saturated heterocycles. The van der Waals surface area contributed by atoms with Crippen LogP contribution < -0.4 is 27.4 Å². The summed E-state index contributed by atoms with van der Waals surface area (Å²) < 4.78 is 0. The maximum absolute atomic E-state index is 13.3. The van der Waals surface area contributed by atoms with Crippen LogP contribution in [0.4, 0.5) is 0 Å². The highest BCUT2D eigenvalue weighted by Crippen LogP contribution is 2.09. The van der Waals surface area contributed by atoms with Crippen molar-refractivity contribution in [3.05, 3.63) is 35.9 Å². The number of amides is 4. The lowest BCUT2D eigenvalue weighted by molar-refractivity contribution is -0.143. The van der Waals surface area contributed by atoms with Gasteiger partial charge in [0.2, 0.25) is 23.6 Å². The summed E-state index contributed by atoms with van der Waals surface area (Å²) in [6.07, 6.45) is 2.25. The number of carbonyl (C=O) groups is 5. The minimum atomic E-state index is -1.53. The Kier molecular flexibility index (Phi) is 13.6. The number of primary amides is 1. The molecule has 0 saturated carbocycles. The maximum atomic E-state index is 13.3. The van der Waals surface area contributed by atoms with Crippen molar-refractivity contribution in [3.8, 4) is 0 Å². The largest absolute Gasteiger partial charge is 0.480 e. The molecule has 0 aliphatic rings. The number of hydrogen-bond acceptors (Lipinski definition) is 7. The molecule has 0 aliphatic carbocycles. The third-order valence-corrected chi connectivity index (χ3v) is 6.38. The highest BCUT2D eigenvalue weighted by molar-refractivity contribution is 7.98. The van der Waals surface area contributed by atoms with Gasteiger partial charge in [-0.25, -0.2) is 4.79 Å². The van der Waals surface area contributed by atoms with E-state index in [0.717, 1.165) is 5.56 Å². The van der Waals surface area contributed by atoms with Crippen LogP contribution in [0, 0.1) is 5.92 Å². The van der Waals surface area contributed by atoms with E-state index >= 15 is 0 Å². The van der Waals surface area contributed by atoms with Crippen molar-refractivity contribution in [3.63, 3.8) is 0 Å². The average molecular weight is 524 g/mol. The number of benzene rings is 1. The fraction of sp³-hybridized carbons (Fsp3) is 0.542. The Labute approximate surface area is 215 Å². The van der Waals surface area contributed by atoms with E-state index in [1.54, 1.807) is 24.3 Å². The highest BCUT2D eigenvalue weighted by atomic mass is 32.2. The Balaban J connectivity index is 3.10. The first-order valence-corrected chi connectivity index (χ1v) is 13.1.